The van der Waals surface area contributed by atoms with Gasteiger partial charge in [0.05, 0.1) is 11.3 Å². The van der Waals surface area contributed by atoms with E-state index in [1.807, 2.05) is 13.0 Å². The zero-order valence-corrected chi connectivity index (χ0v) is 21.8. The number of hydrogen-bond acceptors (Lipinski definition) is 5. The Morgan fingerprint density at radius 3 is 2.64 bits per heavy atom. The Labute approximate surface area is 213 Å². The second-order valence-corrected chi connectivity index (χ2v) is 11.6. The van der Waals surface area contributed by atoms with Gasteiger partial charge in [0.25, 0.3) is 10.0 Å². The molecule has 1 heterocycles. The number of hydrogen-bond donors (Lipinski definition) is 3. The highest BCUT2D eigenvalue weighted by atomic mass is 32.2. The van der Waals surface area contributed by atoms with Crippen LogP contribution >= 0.6 is 0 Å². The molecule has 2 aromatic carbocycles. The number of aryl methyl sites for hydroxylation is 2. The van der Waals surface area contributed by atoms with E-state index in [9.17, 15) is 18.0 Å². The van der Waals surface area contributed by atoms with Crippen LogP contribution in [-0.4, -0.2) is 36.6 Å². The van der Waals surface area contributed by atoms with Crippen molar-refractivity contribution in [2.24, 2.45) is 0 Å². The zero-order chi connectivity index (χ0) is 25.9. The molecule has 8 nitrogen and oxygen atoms in total. The number of fused-ring (bicyclic) bond motifs is 1. The van der Waals surface area contributed by atoms with Crippen LogP contribution in [0.4, 0.5) is 0 Å². The predicted octanol–water partition coefficient (Wildman–Crippen LogP) is 3.04. The molecule has 3 N–H and O–H groups in total. The van der Waals surface area contributed by atoms with Gasteiger partial charge in [0.15, 0.2) is 0 Å². The lowest BCUT2D eigenvalue weighted by Gasteiger charge is -2.31. The van der Waals surface area contributed by atoms with Gasteiger partial charge < -0.3 is 16.0 Å². The number of carbonyl (C=O) groups is 2. The van der Waals surface area contributed by atoms with E-state index < -0.39 is 27.9 Å². The maximum atomic E-state index is 13.2. The number of nitrogens with zero attached hydrogens (tertiary/aromatic N) is 1. The largest absolute Gasteiger partial charge is 0.352 e. The number of carbonyl (C=O) groups excluding carboxylic acids is 2. The van der Waals surface area contributed by atoms with Crippen LogP contribution in [0.15, 0.2) is 59.8 Å². The highest BCUT2D eigenvalue weighted by Crippen LogP contribution is 2.31. The number of rotatable bonds is 8. The van der Waals surface area contributed by atoms with Crippen molar-refractivity contribution in [3.63, 3.8) is 0 Å². The monoisotopic (exact) mass is 510 g/mol. The second kappa shape index (κ2) is 10.8. The van der Waals surface area contributed by atoms with Crippen LogP contribution in [0.25, 0.3) is 0 Å². The molecule has 4 rings (SSSR count). The minimum absolute atomic E-state index is 0.0668. The van der Waals surface area contributed by atoms with Crippen molar-refractivity contribution < 1.29 is 18.0 Å². The fraction of sp³-hybridized carbons (Fsp3) is 0.407. The third kappa shape index (κ3) is 5.79. The molecule has 0 bridgehead atoms. The van der Waals surface area contributed by atoms with Gasteiger partial charge >= 0.3 is 0 Å². The van der Waals surface area contributed by atoms with Crippen LogP contribution in [0.3, 0.4) is 0 Å². The van der Waals surface area contributed by atoms with E-state index in [1.54, 1.807) is 12.1 Å². The van der Waals surface area contributed by atoms with E-state index in [0.717, 1.165) is 34.7 Å². The average Bonchev–Trinajstić information content (AvgIpc) is 2.84. The summed E-state index contributed by atoms with van der Waals surface area (Å²) in [5.74, 6) is -0.938. The van der Waals surface area contributed by atoms with Crippen molar-refractivity contribution >= 4 is 21.8 Å². The summed E-state index contributed by atoms with van der Waals surface area (Å²) in [6.07, 6.45) is 5.51. The summed E-state index contributed by atoms with van der Waals surface area (Å²) in [7, 11) is -4.00. The van der Waals surface area contributed by atoms with E-state index in [-0.39, 0.29) is 11.3 Å². The lowest BCUT2D eigenvalue weighted by Crippen LogP contribution is -2.51. The Morgan fingerprint density at radius 1 is 1.17 bits per heavy atom. The Bertz CT molecular complexity index is 1260. The molecule has 1 aliphatic carbocycles. The SMILES string of the molecule is Cc1ccc(S(=O)(=O)N2C=CNC(=O)[C@H]2CC(=O)NCc2ccc3c(c2)CCC[C@H]3NC(C)C)cc1. The summed E-state index contributed by atoms with van der Waals surface area (Å²) in [5.41, 5.74) is 4.50. The Balaban J connectivity index is 1.43. The Morgan fingerprint density at radius 2 is 1.92 bits per heavy atom. The number of amides is 2. The first-order valence-electron chi connectivity index (χ1n) is 12.4. The van der Waals surface area contributed by atoms with Crippen LogP contribution in [0, 0.1) is 6.92 Å². The van der Waals surface area contributed by atoms with E-state index in [0.29, 0.717) is 18.6 Å². The molecule has 0 saturated heterocycles. The fourth-order valence-electron chi connectivity index (χ4n) is 4.77. The third-order valence-corrected chi connectivity index (χ3v) is 8.38. The van der Waals surface area contributed by atoms with Gasteiger partial charge in [-0.2, -0.15) is 0 Å². The molecule has 36 heavy (non-hydrogen) atoms. The number of nitrogens with one attached hydrogen (secondary N) is 3. The van der Waals surface area contributed by atoms with E-state index in [1.165, 1.54) is 35.7 Å². The molecule has 2 atom stereocenters. The van der Waals surface area contributed by atoms with E-state index >= 15 is 0 Å². The molecule has 2 amide bonds. The molecular formula is C27H34N4O4S. The van der Waals surface area contributed by atoms with Crippen LogP contribution in [0.1, 0.15) is 61.4 Å². The van der Waals surface area contributed by atoms with Crippen LogP contribution in [-0.2, 0) is 32.6 Å². The maximum Gasteiger partial charge on any atom is 0.264 e. The molecule has 192 valence electrons. The van der Waals surface area contributed by atoms with Crippen molar-refractivity contribution in [3.8, 4) is 0 Å². The highest BCUT2D eigenvalue weighted by Gasteiger charge is 2.36. The van der Waals surface area contributed by atoms with Gasteiger partial charge in [-0.15, -0.1) is 0 Å². The van der Waals surface area contributed by atoms with Crippen LogP contribution in [0.5, 0.6) is 0 Å². The predicted molar refractivity (Wildman–Crippen MR) is 138 cm³/mol. The van der Waals surface area contributed by atoms with Crippen molar-refractivity contribution in [1.29, 1.82) is 0 Å². The Hall–Kier alpha value is -3.17. The minimum atomic E-state index is -4.00. The first-order valence-corrected chi connectivity index (χ1v) is 13.8. The van der Waals surface area contributed by atoms with Gasteiger partial charge in [0, 0.05) is 31.0 Å². The van der Waals surface area contributed by atoms with E-state index in [2.05, 4.69) is 41.9 Å². The third-order valence-electron chi connectivity index (χ3n) is 6.58. The summed E-state index contributed by atoms with van der Waals surface area (Å²) < 4.78 is 27.4. The van der Waals surface area contributed by atoms with Gasteiger partial charge in [-0.05, 0) is 55.0 Å². The molecular weight excluding hydrogens is 476 g/mol. The first kappa shape index (κ1) is 25.9. The summed E-state index contributed by atoms with van der Waals surface area (Å²) >= 11 is 0. The molecule has 0 radical (unpaired) electrons. The highest BCUT2D eigenvalue weighted by molar-refractivity contribution is 7.89. The summed E-state index contributed by atoms with van der Waals surface area (Å²) in [4.78, 5) is 25.4. The standard InChI is InChI=1S/C27H34N4O4S/c1-18(2)30-24-6-4-5-21-15-20(9-12-23(21)24)17-29-26(32)16-25-27(33)28-13-14-31(25)36(34,35)22-10-7-19(3)8-11-22/h7-15,18,24-25,30H,4-6,16-17H2,1-3H3,(H,28,33)(H,29,32)/t24-,25-/m1/s1. The minimum Gasteiger partial charge on any atom is -0.352 e. The van der Waals surface area contributed by atoms with Gasteiger partial charge in [0.2, 0.25) is 11.8 Å². The summed E-state index contributed by atoms with van der Waals surface area (Å²) in [5, 5.41) is 8.99. The molecule has 2 aromatic rings. The zero-order valence-electron chi connectivity index (χ0n) is 21.0. The van der Waals surface area contributed by atoms with Gasteiger partial charge in [-0.1, -0.05) is 49.7 Å². The van der Waals surface area contributed by atoms with Gasteiger partial charge in [-0.3, -0.25) is 13.9 Å². The van der Waals surface area contributed by atoms with Crippen molar-refractivity contribution in [3.05, 3.63) is 77.1 Å². The normalized spacial score (nSPS) is 19.7. The van der Waals surface area contributed by atoms with Crippen molar-refractivity contribution in [2.45, 2.75) is 76.0 Å². The lowest BCUT2D eigenvalue weighted by atomic mass is 9.86. The molecule has 0 aromatic heterocycles. The van der Waals surface area contributed by atoms with E-state index in [4.69, 9.17) is 0 Å². The quantitative estimate of drug-likeness (QED) is 0.506. The molecule has 9 heteroatoms. The number of benzene rings is 2. The molecule has 0 saturated carbocycles. The van der Waals surface area contributed by atoms with Crippen LogP contribution in [0.2, 0.25) is 0 Å². The summed E-state index contributed by atoms with van der Waals surface area (Å²) in [6, 6.07) is 12.2. The molecule has 2 aliphatic rings. The smallest absolute Gasteiger partial charge is 0.264 e. The maximum absolute atomic E-state index is 13.2. The lowest BCUT2D eigenvalue weighted by molar-refractivity contribution is -0.129. The van der Waals surface area contributed by atoms with Gasteiger partial charge in [0.1, 0.15) is 6.04 Å². The molecule has 0 spiro atoms. The summed E-state index contributed by atoms with van der Waals surface area (Å²) in [6.45, 7) is 6.46. The first-order chi connectivity index (χ1) is 17.1. The fourth-order valence-corrected chi connectivity index (χ4v) is 6.22. The molecule has 0 unspecified atom stereocenters. The Kier molecular flexibility index (Phi) is 7.80. The molecule has 1 aliphatic heterocycles. The van der Waals surface area contributed by atoms with Crippen LogP contribution < -0.4 is 16.0 Å². The number of sulfonamides is 1. The molecule has 0 fully saturated rings. The second-order valence-electron chi connectivity index (χ2n) is 9.77. The van der Waals surface area contributed by atoms with Crippen molar-refractivity contribution in [1.82, 2.24) is 20.3 Å². The topological polar surface area (TPSA) is 108 Å². The van der Waals surface area contributed by atoms with Gasteiger partial charge in [-0.25, -0.2) is 8.42 Å². The average molecular weight is 511 g/mol. The van der Waals surface area contributed by atoms with Crippen molar-refractivity contribution in [2.75, 3.05) is 0 Å².